The molecule has 0 aliphatic carbocycles. The van der Waals surface area contributed by atoms with Crippen LogP contribution in [0.2, 0.25) is 0 Å². The zero-order valence-corrected chi connectivity index (χ0v) is 12.2. The van der Waals surface area contributed by atoms with Gasteiger partial charge in [-0.15, -0.1) is 0 Å². The van der Waals surface area contributed by atoms with Gasteiger partial charge in [-0.2, -0.15) is 0 Å². The normalized spacial score (nSPS) is 23.8. The first-order chi connectivity index (χ1) is 8.27. The lowest BCUT2D eigenvalue weighted by Crippen LogP contribution is -2.32. The first-order valence-electron chi connectivity index (χ1n) is 6.60. The molecule has 0 saturated heterocycles. The number of benzene rings is 1. The maximum Gasteiger partial charge on any atom is 0.216 e. The van der Waals surface area contributed by atoms with Gasteiger partial charge in [-0.3, -0.25) is 0 Å². The van der Waals surface area contributed by atoms with Gasteiger partial charge in [0.05, 0.1) is 6.04 Å². The van der Waals surface area contributed by atoms with Crippen molar-refractivity contribution in [3.05, 3.63) is 34.9 Å². The van der Waals surface area contributed by atoms with Crippen molar-refractivity contribution in [1.29, 1.82) is 0 Å². The van der Waals surface area contributed by atoms with E-state index in [-0.39, 0.29) is 17.6 Å². The van der Waals surface area contributed by atoms with Crippen LogP contribution in [0.4, 0.5) is 0 Å². The van der Waals surface area contributed by atoms with Crippen molar-refractivity contribution in [3.63, 3.8) is 0 Å². The van der Waals surface area contributed by atoms with E-state index in [1.165, 1.54) is 11.1 Å². The number of hydrogen-bond acceptors (Lipinski definition) is 2. The average Bonchev–Trinajstić information content (AvgIpc) is 2.58. The summed E-state index contributed by atoms with van der Waals surface area (Å²) in [6, 6.07) is 6.69. The molecular weight excluding hydrogens is 222 g/mol. The van der Waals surface area contributed by atoms with Crippen LogP contribution in [0.25, 0.3) is 0 Å². The fraction of sp³-hybridized carbons (Fsp3) is 0.562. The van der Waals surface area contributed by atoms with E-state index >= 15 is 0 Å². The predicted molar refractivity (Wildman–Crippen MR) is 76.2 cm³/mol. The molecule has 0 aromatic heterocycles. The molecule has 0 saturated carbocycles. The molecule has 1 heterocycles. The molecule has 2 unspecified atom stereocenters. The zero-order chi connectivity index (χ0) is 13.5. The Morgan fingerprint density at radius 1 is 1.06 bits per heavy atom. The molecule has 1 aliphatic heterocycles. The predicted octanol–water partition coefficient (Wildman–Crippen LogP) is 3.88. The van der Waals surface area contributed by atoms with Gasteiger partial charge >= 0.3 is 0 Å². The van der Waals surface area contributed by atoms with Crippen LogP contribution in [0.3, 0.4) is 0 Å². The number of rotatable bonds is 1. The number of hydrogen-bond donors (Lipinski definition) is 0. The van der Waals surface area contributed by atoms with E-state index in [2.05, 4.69) is 59.7 Å². The van der Waals surface area contributed by atoms with E-state index in [1.807, 2.05) is 0 Å². The fourth-order valence-electron chi connectivity index (χ4n) is 2.64. The van der Waals surface area contributed by atoms with Crippen LogP contribution in [0, 0.1) is 19.3 Å². The van der Waals surface area contributed by atoms with Crippen molar-refractivity contribution >= 4 is 5.90 Å². The molecule has 0 bridgehead atoms. The Hall–Kier alpha value is -1.31. The third kappa shape index (κ3) is 2.58. The lowest BCUT2D eigenvalue weighted by Gasteiger charge is -2.26. The van der Waals surface area contributed by atoms with E-state index in [0.717, 1.165) is 11.5 Å². The molecule has 98 valence electrons. The third-order valence-electron chi connectivity index (χ3n) is 3.35. The molecule has 1 aliphatic rings. The second-order valence-corrected chi connectivity index (χ2v) is 6.44. The van der Waals surface area contributed by atoms with Gasteiger partial charge in [0.25, 0.3) is 0 Å². The Morgan fingerprint density at radius 3 is 2.06 bits per heavy atom. The second kappa shape index (κ2) is 4.42. The Balaban J connectivity index is 2.35. The van der Waals surface area contributed by atoms with Crippen LogP contribution >= 0.6 is 0 Å². The molecule has 0 radical (unpaired) electrons. The van der Waals surface area contributed by atoms with E-state index in [0.29, 0.717) is 0 Å². The first kappa shape index (κ1) is 13.1. The number of aryl methyl sites for hydroxylation is 2. The van der Waals surface area contributed by atoms with E-state index in [1.54, 1.807) is 0 Å². The Bertz CT molecular complexity index is 462. The lowest BCUT2D eigenvalue weighted by atomic mass is 9.84. The van der Waals surface area contributed by atoms with Gasteiger partial charge in [-0.1, -0.05) is 38.0 Å². The summed E-state index contributed by atoms with van der Waals surface area (Å²) in [6.07, 6.45) is 0.154. The van der Waals surface area contributed by atoms with Gasteiger partial charge in [-0.05, 0) is 38.3 Å². The number of ether oxygens (including phenoxy) is 1. The summed E-state index contributed by atoms with van der Waals surface area (Å²) in [5, 5.41) is 0. The van der Waals surface area contributed by atoms with Gasteiger partial charge in [0, 0.05) is 5.56 Å². The van der Waals surface area contributed by atoms with Crippen molar-refractivity contribution in [3.8, 4) is 0 Å². The summed E-state index contributed by atoms with van der Waals surface area (Å²) in [4.78, 5) is 4.79. The van der Waals surface area contributed by atoms with Gasteiger partial charge in [-0.25, -0.2) is 4.99 Å². The molecule has 2 rings (SSSR count). The number of aliphatic imine (C=N–C) groups is 1. The zero-order valence-electron chi connectivity index (χ0n) is 12.2. The highest BCUT2D eigenvalue weighted by atomic mass is 16.5. The van der Waals surface area contributed by atoms with Crippen molar-refractivity contribution in [1.82, 2.24) is 0 Å². The van der Waals surface area contributed by atoms with E-state index in [4.69, 9.17) is 9.73 Å². The molecule has 0 N–H and O–H groups in total. The highest BCUT2D eigenvalue weighted by Gasteiger charge is 2.36. The van der Waals surface area contributed by atoms with Gasteiger partial charge < -0.3 is 4.74 Å². The smallest absolute Gasteiger partial charge is 0.216 e. The maximum absolute atomic E-state index is 5.95. The second-order valence-electron chi connectivity index (χ2n) is 6.44. The summed E-state index contributed by atoms with van der Waals surface area (Å²) in [7, 11) is 0. The Morgan fingerprint density at radius 2 is 1.61 bits per heavy atom. The van der Waals surface area contributed by atoms with Crippen molar-refractivity contribution in [2.45, 2.75) is 53.7 Å². The average molecular weight is 245 g/mol. The van der Waals surface area contributed by atoms with Crippen LogP contribution in [-0.2, 0) is 4.74 Å². The molecule has 18 heavy (non-hydrogen) atoms. The SMILES string of the molecule is Cc1cc(C)cc(C2=NC(C(C)(C)C)C(C)O2)c1. The largest absolute Gasteiger partial charge is 0.472 e. The monoisotopic (exact) mass is 245 g/mol. The van der Waals surface area contributed by atoms with Crippen LogP contribution in [0.1, 0.15) is 44.4 Å². The molecule has 1 aromatic rings. The van der Waals surface area contributed by atoms with Gasteiger partial charge in [0.15, 0.2) is 0 Å². The van der Waals surface area contributed by atoms with Crippen molar-refractivity contribution in [2.75, 3.05) is 0 Å². The molecule has 2 heteroatoms. The van der Waals surface area contributed by atoms with Gasteiger partial charge in [0.2, 0.25) is 5.90 Å². The molecule has 0 amide bonds. The molecule has 0 fully saturated rings. The van der Waals surface area contributed by atoms with Gasteiger partial charge in [0.1, 0.15) is 6.10 Å². The summed E-state index contributed by atoms with van der Waals surface area (Å²) < 4.78 is 5.95. The van der Waals surface area contributed by atoms with Crippen molar-refractivity contribution < 1.29 is 4.74 Å². The molecular formula is C16H23NO. The lowest BCUT2D eigenvalue weighted by molar-refractivity contribution is 0.154. The minimum atomic E-state index is 0.139. The summed E-state index contributed by atoms with van der Waals surface area (Å²) >= 11 is 0. The first-order valence-corrected chi connectivity index (χ1v) is 6.60. The Kier molecular flexibility index (Phi) is 3.22. The topological polar surface area (TPSA) is 21.6 Å². The minimum Gasteiger partial charge on any atom is -0.472 e. The van der Waals surface area contributed by atoms with Crippen LogP contribution in [-0.4, -0.2) is 18.0 Å². The standard InChI is InChI=1S/C16H23NO/c1-10-7-11(2)9-13(8-10)15-17-14(12(3)18-15)16(4,5)6/h7-9,12,14H,1-6H3. The quantitative estimate of drug-likeness (QED) is 0.735. The molecule has 2 nitrogen and oxygen atoms in total. The van der Waals surface area contributed by atoms with Crippen molar-refractivity contribution in [2.24, 2.45) is 10.4 Å². The highest BCUT2D eigenvalue weighted by Crippen LogP contribution is 2.31. The molecule has 2 atom stereocenters. The highest BCUT2D eigenvalue weighted by molar-refractivity contribution is 5.95. The fourth-order valence-corrected chi connectivity index (χ4v) is 2.64. The third-order valence-corrected chi connectivity index (χ3v) is 3.35. The van der Waals surface area contributed by atoms with Crippen LogP contribution < -0.4 is 0 Å². The van der Waals surface area contributed by atoms with Crippen LogP contribution in [0.15, 0.2) is 23.2 Å². The molecule has 0 spiro atoms. The summed E-state index contributed by atoms with van der Waals surface area (Å²) in [5.74, 6) is 0.800. The Labute approximate surface area is 110 Å². The number of nitrogens with zero attached hydrogens (tertiary/aromatic N) is 1. The van der Waals surface area contributed by atoms with E-state index in [9.17, 15) is 0 Å². The maximum atomic E-state index is 5.95. The summed E-state index contributed by atoms with van der Waals surface area (Å²) in [6.45, 7) is 13.0. The summed E-state index contributed by atoms with van der Waals surface area (Å²) in [5.41, 5.74) is 3.75. The van der Waals surface area contributed by atoms with Crippen LogP contribution in [0.5, 0.6) is 0 Å². The molecule has 1 aromatic carbocycles. The van der Waals surface area contributed by atoms with E-state index < -0.39 is 0 Å². The minimum absolute atomic E-state index is 0.139.